The summed E-state index contributed by atoms with van der Waals surface area (Å²) < 4.78 is 0. The fourth-order valence-corrected chi connectivity index (χ4v) is 5.86. The smallest absolute Gasteiger partial charge is 0.545 e. The molecule has 202 valence electrons. The average Bonchev–Trinajstić information content (AvgIpc) is 3.76. The predicted octanol–water partition coefficient (Wildman–Crippen LogP) is 2.24. The minimum atomic E-state index is -1.32. The molecule has 0 aliphatic carbocycles. The van der Waals surface area contributed by atoms with Gasteiger partial charge in [-0.2, -0.15) is 0 Å². The Labute approximate surface area is 260 Å². The second kappa shape index (κ2) is 9.67. The number of carbonyl (C=O) groups excluding carboxylic acids is 1. The van der Waals surface area contributed by atoms with Crippen molar-refractivity contribution in [3.63, 3.8) is 0 Å². The molecule has 0 spiro atoms. The Morgan fingerprint density at radius 3 is 1.34 bits per heavy atom. The number of benzene rings is 4. The summed E-state index contributed by atoms with van der Waals surface area (Å²) in [6.45, 7) is 0. The van der Waals surface area contributed by atoms with Crippen LogP contribution in [0, 0.1) is 0 Å². The van der Waals surface area contributed by atoms with Gasteiger partial charge in [0.05, 0.1) is 5.97 Å². The quantitative estimate of drug-likeness (QED) is 0.289. The number of carboxylic acid groups (broad SMARTS) is 1. The second-order valence-electron chi connectivity index (χ2n) is 10.3. The van der Waals surface area contributed by atoms with Gasteiger partial charge in [0.1, 0.15) is 22.6 Å². The molecule has 0 atom stereocenters. The number of carboxylic acids is 1. The van der Waals surface area contributed by atoms with Crippen LogP contribution in [0.2, 0.25) is 0 Å². The molecule has 0 amide bonds. The molecular formula is C33H17LiN8O2. The molecular weight excluding hydrogens is 547 g/mol. The Morgan fingerprint density at radius 2 is 0.864 bits per heavy atom. The number of rotatable bonds is 1. The van der Waals surface area contributed by atoms with Crippen LogP contribution in [0.5, 0.6) is 0 Å². The Kier molecular flexibility index (Phi) is 5.71. The van der Waals surface area contributed by atoms with Crippen LogP contribution in [0.1, 0.15) is 10.4 Å². The van der Waals surface area contributed by atoms with E-state index in [1.54, 1.807) is 12.1 Å². The zero-order valence-corrected chi connectivity index (χ0v) is 23.2. The van der Waals surface area contributed by atoms with Crippen LogP contribution in [-0.4, -0.2) is 45.8 Å². The Morgan fingerprint density at radius 1 is 0.477 bits per heavy atom. The molecule has 0 saturated carbocycles. The summed E-state index contributed by atoms with van der Waals surface area (Å²) in [6, 6.07) is 28.2. The Hall–Kier alpha value is -5.69. The molecule has 0 saturated heterocycles. The molecule has 0 fully saturated rings. The van der Waals surface area contributed by atoms with E-state index >= 15 is 0 Å². The number of H-pyrrole nitrogens is 2. The molecule has 0 unspecified atom stereocenters. The fraction of sp³-hybridized carbons (Fsp3) is 0. The molecule has 2 aliphatic heterocycles. The summed E-state index contributed by atoms with van der Waals surface area (Å²) >= 11 is 0. The van der Waals surface area contributed by atoms with Crippen molar-refractivity contribution < 1.29 is 28.8 Å². The summed E-state index contributed by atoms with van der Waals surface area (Å²) in [5, 5.41) is 14.9. The van der Waals surface area contributed by atoms with E-state index in [9.17, 15) is 9.90 Å². The van der Waals surface area contributed by atoms with Crippen molar-refractivity contribution in [2.24, 2.45) is 0 Å². The van der Waals surface area contributed by atoms with Gasteiger partial charge in [0.25, 0.3) is 0 Å². The van der Waals surface area contributed by atoms with Crippen LogP contribution in [0.25, 0.3) is 89.7 Å². The van der Waals surface area contributed by atoms with Crippen LogP contribution in [0.3, 0.4) is 0 Å². The van der Waals surface area contributed by atoms with Gasteiger partial charge in [-0.1, -0.05) is 91.0 Å². The number of aromatic nitrogens is 8. The van der Waals surface area contributed by atoms with Crippen molar-refractivity contribution in [1.82, 2.24) is 39.9 Å². The number of hydrogen-bond donors (Lipinski definition) is 2. The molecule has 8 bridgehead atoms. The largest absolute Gasteiger partial charge is 1.00 e. The normalized spacial score (nSPS) is 11.6. The first-order valence-electron chi connectivity index (χ1n) is 13.6. The van der Waals surface area contributed by atoms with Gasteiger partial charge in [0.2, 0.25) is 0 Å². The first kappa shape index (κ1) is 26.0. The van der Waals surface area contributed by atoms with Gasteiger partial charge in [-0.3, -0.25) is 0 Å². The van der Waals surface area contributed by atoms with Gasteiger partial charge in [0.15, 0.2) is 23.3 Å². The van der Waals surface area contributed by atoms with Gasteiger partial charge in [0, 0.05) is 49.4 Å². The molecule has 2 aliphatic rings. The molecule has 3 aromatic heterocycles. The topological polar surface area (TPSA) is 149 Å². The number of nitrogens with one attached hydrogen (secondary N) is 2. The van der Waals surface area contributed by atoms with E-state index in [0.29, 0.717) is 56.7 Å². The van der Waals surface area contributed by atoms with Crippen molar-refractivity contribution in [1.29, 1.82) is 0 Å². The maximum absolute atomic E-state index is 12.2. The summed E-state index contributed by atoms with van der Waals surface area (Å²) in [5.74, 6) is 0.483. The number of nitrogens with zero attached hydrogens (tertiary/aromatic N) is 6. The maximum atomic E-state index is 12.2. The molecule has 7 aromatic rings. The third kappa shape index (κ3) is 3.79. The van der Waals surface area contributed by atoms with Gasteiger partial charge < -0.3 is 19.9 Å². The molecule has 4 aromatic carbocycles. The zero-order valence-electron chi connectivity index (χ0n) is 23.2. The minimum Gasteiger partial charge on any atom is -0.545 e. The second-order valence-corrected chi connectivity index (χ2v) is 10.3. The summed E-state index contributed by atoms with van der Waals surface area (Å²) in [5.41, 5.74) is 5.11. The SMILES string of the molecule is O=C([O-])c1cccc2c3nc4nc(nc5[nH]c(nc6nc(nc([nH]3)c12)-c1ccccc1-6)c1ccccc51)-c1ccccc1-4.[Li+]. The number of fused-ring (bicyclic) bond motifs is 20. The number of aromatic amines is 2. The van der Waals surface area contributed by atoms with Crippen molar-refractivity contribution in [2.45, 2.75) is 0 Å². The van der Waals surface area contributed by atoms with E-state index in [4.69, 9.17) is 29.9 Å². The molecule has 5 heterocycles. The molecule has 2 N–H and O–H groups in total. The monoisotopic (exact) mass is 564 g/mol. The molecule has 11 heteroatoms. The minimum absolute atomic E-state index is 0. The molecule has 9 rings (SSSR count). The van der Waals surface area contributed by atoms with Gasteiger partial charge in [-0.15, -0.1) is 0 Å². The van der Waals surface area contributed by atoms with Crippen LogP contribution < -0.4 is 24.0 Å². The number of aromatic carboxylic acids is 1. The number of carbonyl (C=O) groups is 1. The molecule has 0 radical (unpaired) electrons. The van der Waals surface area contributed by atoms with Gasteiger partial charge in [-0.25, -0.2) is 29.9 Å². The van der Waals surface area contributed by atoms with E-state index in [-0.39, 0.29) is 24.4 Å². The van der Waals surface area contributed by atoms with Crippen molar-refractivity contribution >= 4 is 50.1 Å². The Bertz CT molecular complexity index is 2510. The molecule has 44 heavy (non-hydrogen) atoms. The van der Waals surface area contributed by atoms with E-state index in [1.165, 1.54) is 6.07 Å². The summed E-state index contributed by atoms with van der Waals surface area (Å²) in [6.07, 6.45) is 0. The van der Waals surface area contributed by atoms with E-state index in [0.717, 1.165) is 33.0 Å². The first-order valence-corrected chi connectivity index (χ1v) is 13.6. The van der Waals surface area contributed by atoms with Gasteiger partial charge >= 0.3 is 18.9 Å². The van der Waals surface area contributed by atoms with E-state index in [2.05, 4.69) is 9.97 Å². The number of hydrogen-bond acceptors (Lipinski definition) is 8. The third-order valence-corrected chi connectivity index (χ3v) is 7.80. The summed E-state index contributed by atoms with van der Waals surface area (Å²) in [7, 11) is 0. The Balaban J connectivity index is 0.00000289. The van der Waals surface area contributed by atoms with Crippen molar-refractivity contribution in [3.05, 3.63) is 96.6 Å². The van der Waals surface area contributed by atoms with Crippen molar-refractivity contribution in [2.75, 3.05) is 0 Å². The molecule has 10 nitrogen and oxygen atoms in total. The standard InChI is InChI=1S/C33H18N8O2.Li/c42-33(43)23-15-7-14-22-24(23)32-40-30-21-13-6-5-12-20(21)28(38-30)36-26-17-9-2-1-8-16(17)25(34-26)35-27-18-10-3-4-11-19(18)29(37-27)39-31(22)41-32;/h1-15H,(H,42,43)(H2,34,35,36,37,38,39,40,41);/q;+1/p-1. The average molecular weight is 564 g/mol. The van der Waals surface area contributed by atoms with Gasteiger partial charge in [-0.05, 0) is 0 Å². The van der Waals surface area contributed by atoms with Crippen LogP contribution in [0.4, 0.5) is 0 Å². The maximum Gasteiger partial charge on any atom is 1.00 e. The van der Waals surface area contributed by atoms with Crippen molar-refractivity contribution in [3.8, 4) is 45.6 Å². The van der Waals surface area contributed by atoms with E-state index in [1.807, 2.05) is 72.8 Å². The third-order valence-electron chi connectivity index (χ3n) is 7.80. The summed E-state index contributed by atoms with van der Waals surface area (Å²) in [4.78, 5) is 48.2. The zero-order chi connectivity index (χ0) is 28.7. The van der Waals surface area contributed by atoms with Crippen LogP contribution in [-0.2, 0) is 0 Å². The predicted molar refractivity (Wildman–Crippen MR) is 160 cm³/mol. The van der Waals surface area contributed by atoms with E-state index < -0.39 is 5.97 Å². The fourth-order valence-electron chi connectivity index (χ4n) is 5.86. The van der Waals surface area contributed by atoms with Crippen LogP contribution >= 0.6 is 0 Å². The first-order chi connectivity index (χ1) is 21.1. The van der Waals surface area contributed by atoms with Crippen LogP contribution in [0.15, 0.2) is 91.0 Å².